The van der Waals surface area contributed by atoms with Crippen LogP contribution in [0.4, 0.5) is 0 Å². The number of carbonyl (C=O) groups is 4. The van der Waals surface area contributed by atoms with Crippen molar-refractivity contribution in [3.8, 4) is 5.75 Å². The van der Waals surface area contributed by atoms with Gasteiger partial charge in [0.25, 0.3) is 11.8 Å². The number of unbranched alkanes of at least 4 members (excludes halogenated alkanes) is 1. The molecule has 0 radical (unpaired) electrons. The van der Waals surface area contributed by atoms with Crippen LogP contribution in [0.2, 0.25) is 0 Å². The highest BCUT2D eigenvalue weighted by molar-refractivity contribution is 9.09. The molecule has 0 spiro atoms. The van der Waals surface area contributed by atoms with Crippen molar-refractivity contribution in [3.05, 3.63) is 29.3 Å². The molecule has 1 saturated heterocycles. The molecule has 0 aromatic heterocycles. The molecule has 144 valence electrons. The van der Waals surface area contributed by atoms with Gasteiger partial charge in [-0.3, -0.25) is 29.4 Å². The van der Waals surface area contributed by atoms with Gasteiger partial charge in [0.2, 0.25) is 11.8 Å². The number of hydrogen-bond acceptors (Lipinski definition) is 5. The number of fused-ring (bicyclic) bond motifs is 1. The number of benzene rings is 1. The fraction of sp³-hybridized carbons (Fsp3) is 0.474. The molecule has 0 bridgehead atoms. The van der Waals surface area contributed by atoms with Crippen LogP contribution in [0.3, 0.4) is 0 Å². The normalized spacial score (nSPS) is 20.5. The monoisotopic (exact) mass is 436 g/mol. The van der Waals surface area contributed by atoms with Crippen LogP contribution >= 0.6 is 15.9 Å². The molecule has 7 nitrogen and oxygen atoms in total. The lowest BCUT2D eigenvalue weighted by Gasteiger charge is -2.27. The Balaban J connectivity index is 1.74. The number of carbonyl (C=O) groups excluding carboxylic acids is 4. The van der Waals surface area contributed by atoms with Crippen molar-refractivity contribution in [3.63, 3.8) is 0 Å². The molecule has 2 atom stereocenters. The van der Waals surface area contributed by atoms with Gasteiger partial charge in [-0.15, -0.1) is 0 Å². The number of ether oxygens (including phenoxy) is 1. The van der Waals surface area contributed by atoms with E-state index in [1.54, 1.807) is 18.2 Å². The largest absolute Gasteiger partial charge is 0.493 e. The molecule has 2 aliphatic rings. The summed E-state index contributed by atoms with van der Waals surface area (Å²) >= 11 is 3.50. The highest BCUT2D eigenvalue weighted by Crippen LogP contribution is 2.33. The molecule has 2 unspecified atom stereocenters. The molecule has 8 heteroatoms. The Hall–Kier alpha value is -2.22. The summed E-state index contributed by atoms with van der Waals surface area (Å²) in [7, 11) is 0. The molecule has 2 aliphatic heterocycles. The van der Waals surface area contributed by atoms with E-state index in [0.29, 0.717) is 17.2 Å². The Labute approximate surface area is 165 Å². The zero-order chi connectivity index (χ0) is 19.6. The van der Waals surface area contributed by atoms with Gasteiger partial charge in [-0.05, 0) is 37.8 Å². The molecule has 1 aromatic rings. The molecular weight excluding hydrogens is 416 g/mol. The summed E-state index contributed by atoms with van der Waals surface area (Å²) in [5.41, 5.74) is 0.428. The van der Waals surface area contributed by atoms with Gasteiger partial charge < -0.3 is 4.74 Å². The van der Waals surface area contributed by atoms with E-state index < -0.39 is 29.7 Å². The second-order valence-electron chi connectivity index (χ2n) is 6.75. The van der Waals surface area contributed by atoms with Crippen LogP contribution in [0.1, 0.15) is 59.7 Å². The maximum Gasteiger partial charge on any atom is 0.266 e. The molecule has 1 aromatic carbocycles. The minimum atomic E-state index is -0.969. The van der Waals surface area contributed by atoms with E-state index in [1.807, 2.05) is 0 Å². The van der Waals surface area contributed by atoms with E-state index in [9.17, 15) is 19.2 Å². The van der Waals surface area contributed by atoms with Crippen LogP contribution in [0.15, 0.2) is 18.2 Å². The summed E-state index contributed by atoms with van der Waals surface area (Å²) in [4.78, 5) is 50.4. The first kappa shape index (κ1) is 19.5. The molecule has 3 rings (SSSR count). The minimum absolute atomic E-state index is 0.0964. The van der Waals surface area contributed by atoms with Crippen molar-refractivity contribution in [2.24, 2.45) is 0 Å². The highest BCUT2D eigenvalue weighted by atomic mass is 79.9. The van der Waals surface area contributed by atoms with Crippen molar-refractivity contribution in [2.75, 3.05) is 6.61 Å². The van der Waals surface area contributed by atoms with Crippen molar-refractivity contribution < 1.29 is 23.9 Å². The van der Waals surface area contributed by atoms with Crippen LogP contribution in [-0.4, -0.2) is 46.0 Å². The number of imide groups is 2. The summed E-state index contributed by atoms with van der Waals surface area (Å²) in [6, 6.07) is 3.91. The fourth-order valence-electron chi connectivity index (χ4n) is 3.31. The zero-order valence-corrected chi connectivity index (χ0v) is 16.6. The summed E-state index contributed by atoms with van der Waals surface area (Å²) in [5.74, 6) is -1.73. The number of nitrogens with one attached hydrogen (secondary N) is 1. The minimum Gasteiger partial charge on any atom is -0.493 e. The van der Waals surface area contributed by atoms with E-state index in [-0.39, 0.29) is 24.0 Å². The van der Waals surface area contributed by atoms with Gasteiger partial charge in [0.1, 0.15) is 11.8 Å². The predicted octanol–water partition coefficient (Wildman–Crippen LogP) is 2.42. The van der Waals surface area contributed by atoms with Crippen molar-refractivity contribution in [1.29, 1.82) is 0 Å². The average molecular weight is 437 g/mol. The molecule has 0 saturated carbocycles. The van der Waals surface area contributed by atoms with Crippen molar-refractivity contribution >= 4 is 39.6 Å². The number of piperidine rings is 1. The van der Waals surface area contributed by atoms with E-state index in [4.69, 9.17) is 4.74 Å². The molecule has 1 fully saturated rings. The van der Waals surface area contributed by atoms with Crippen molar-refractivity contribution in [1.82, 2.24) is 10.2 Å². The number of rotatable bonds is 7. The van der Waals surface area contributed by atoms with Gasteiger partial charge >= 0.3 is 0 Å². The maximum absolute atomic E-state index is 12.9. The predicted molar refractivity (Wildman–Crippen MR) is 101 cm³/mol. The lowest BCUT2D eigenvalue weighted by Crippen LogP contribution is -2.54. The molecule has 4 amide bonds. The Kier molecular flexibility index (Phi) is 5.94. The standard InChI is InChI=1S/C19H21BrN2O5/c1-11(20)5-2-3-10-27-14-7-4-6-12-16(14)19(26)22(18(12)25)13-8-9-15(23)21-17(13)24/h4,6-7,11,13H,2-3,5,8-10H2,1H3,(H,21,23,24). The highest BCUT2D eigenvalue weighted by Gasteiger charge is 2.45. The lowest BCUT2D eigenvalue weighted by atomic mass is 10.0. The molecule has 2 heterocycles. The van der Waals surface area contributed by atoms with E-state index in [0.717, 1.165) is 24.2 Å². The van der Waals surface area contributed by atoms with Crippen LogP contribution in [-0.2, 0) is 9.59 Å². The summed E-state index contributed by atoms with van der Waals surface area (Å²) in [6.45, 7) is 2.52. The number of halogens is 1. The first-order valence-corrected chi connectivity index (χ1v) is 9.93. The Morgan fingerprint density at radius 3 is 2.70 bits per heavy atom. The zero-order valence-electron chi connectivity index (χ0n) is 15.0. The van der Waals surface area contributed by atoms with Gasteiger partial charge in [-0.1, -0.05) is 28.9 Å². The third-order valence-corrected chi connectivity index (χ3v) is 5.14. The fourth-order valence-corrected chi connectivity index (χ4v) is 3.64. The first-order chi connectivity index (χ1) is 12.9. The van der Waals surface area contributed by atoms with Gasteiger partial charge in [0.15, 0.2) is 0 Å². The Morgan fingerprint density at radius 1 is 1.22 bits per heavy atom. The number of alkyl halides is 1. The smallest absolute Gasteiger partial charge is 0.266 e. The quantitative estimate of drug-likeness (QED) is 0.402. The topological polar surface area (TPSA) is 92.8 Å². The van der Waals surface area contributed by atoms with Gasteiger partial charge in [-0.2, -0.15) is 0 Å². The van der Waals surface area contributed by atoms with Crippen molar-refractivity contribution in [2.45, 2.75) is 49.9 Å². The number of hydrogen-bond donors (Lipinski definition) is 1. The lowest BCUT2D eigenvalue weighted by molar-refractivity contribution is -0.136. The van der Waals surface area contributed by atoms with E-state index in [1.165, 1.54) is 0 Å². The Morgan fingerprint density at radius 2 is 2.00 bits per heavy atom. The van der Waals surface area contributed by atoms with E-state index >= 15 is 0 Å². The molecule has 1 N–H and O–H groups in total. The summed E-state index contributed by atoms with van der Waals surface area (Å²) < 4.78 is 5.76. The second-order valence-corrected chi connectivity index (χ2v) is 8.31. The van der Waals surface area contributed by atoms with Crippen LogP contribution in [0, 0.1) is 0 Å². The summed E-state index contributed by atoms with van der Waals surface area (Å²) in [6.07, 6.45) is 3.07. The second kappa shape index (κ2) is 8.21. The average Bonchev–Trinajstić information content (AvgIpc) is 2.87. The SMILES string of the molecule is CC(Br)CCCCOc1cccc2c1C(=O)N(C1CCC(=O)NC1=O)C2=O. The van der Waals surface area contributed by atoms with Gasteiger partial charge in [0, 0.05) is 11.2 Å². The summed E-state index contributed by atoms with van der Waals surface area (Å²) in [5, 5.41) is 2.19. The van der Waals surface area contributed by atoms with Gasteiger partial charge in [-0.25, -0.2) is 0 Å². The third-order valence-electron chi connectivity index (χ3n) is 4.68. The van der Waals surface area contributed by atoms with E-state index in [2.05, 4.69) is 28.2 Å². The Bertz CT molecular complexity index is 792. The molecule has 27 heavy (non-hydrogen) atoms. The third kappa shape index (κ3) is 4.05. The number of nitrogens with zero attached hydrogens (tertiary/aromatic N) is 1. The molecular formula is C19H21BrN2O5. The number of amides is 4. The van der Waals surface area contributed by atoms with Crippen LogP contribution in [0.5, 0.6) is 5.75 Å². The van der Waals surface area contributed by atoms with Gasteiger partial charge in [0.05, 0.1) is 17.7 Å². The first-order valence-electron chi connectivity index (χ1n) is 9.01. The van der Waals surface area contributed by atoms with Crippen LogP contribution < -0.4 is 10.1 Å². The maximum atomic E-state index is 12.9. The molecule has 0 aliphatic carbocycles. The van der Waals surface area contributed by atoms with Crippen LogP contribution in [0.25, 0.3) is 0 Å².